The molecular weight excluding hydrogens is 399 g/mol. The first-order chi connectivity index (χ1) is 10.8. The molecule has 0 aromatic carbocycles. The Morgan fingerprint density at radius 2 is 1.74 bits per heavy atom. The standard InChI is InChI=1S/C18H34N4.HI/c1-19-17(20-11-4-5-12-21-13-6-7-14-21)22-15-10-18(16-22)8-2-3-9-18;/h2-16H2,1H3,(H,19,20);1H. The second kappa shape index (κ2) is 9.44. The fourth-order valence-electron chi connectivity index (χ4n) is 4.65. The van der Waals surface area contributed by atoms with Crippen LogP contribution in [0.5, 0.6) is 0 Å². The highest BCUT2D eigenvalue weighted by Gasteiger charge is 2.40. The average Bonchev–Trinajstić information content (AvgIpc) is 3.27. The van der Waals surface area contributed by atoms with E-state index in [4.69, 9.17) is 0 Å². The van der Waals surface area contributed by atoms with Crippen LogP contribution in [0.1, 0.15) is 57.8 Å². The van der Waals surface area contributed by atoms with Gasteiger partial charge in [-0.15, -0.1) is 24.0 Å². The van der Waals surface area contributed by atoms with Crippen molar-refractivity contribution in [1.29, 1.82) is 0 Å². The number of hydrogen-bond acceptors (Lipinski definition) is 2. The van der Waals surface area contributed by atoms with Crippen molar-refractivity contribution in [3.63, 3.8) is 0 Å². The lowest BCUT2D eigenvalue weighted by Crippen LogP contribution is -2.41. The maximum absolute atomic E-state index is 4.52. The summed E-state index contributed by atoms with van der Waals surface area (Å²) in [6, 6.07) is 0. The number of unbranched alkanes of at least 4 members (excludes halogenated alkanes) is 1. The normalized spacial score (nSPS) is 24.4. The predicted molar refractivity (Wildman–Crippen MR) is 109 cm³/mol. The molecule has 2 saturated heterocycles. The average molecular weight is 434 g/mol. The van der Waals surface area contributed by atoms with E-state index in [2.05, 4.69) is 20.1 Å². The van der Waals surface area contributed by atoms with Crippen LogP contribution in [0.3, 0.4) is 0 Å². The van der Waals surface area contributed by atoms with E-state index < -0.39 is 0 Å². The van der Waals surface area contributed by atoms with Gasteiger partial charge in [-0.25, -0.2) is 0 Å². The molecule has 0 bridgehead atoms. The summed E-state index contributed by atoms with van der Waals surface area (Å²) in [5.41, 5.74) is 0.632. The van der Waals surface area contributed by atoms with Gasteiger partial charge in [0, 0.05) is 26.7 Å². The van der Waals surface area contributed by atoms with Crippen molar-refractivity contribution < 1.29 is 0 Å². The molecule has 134 valence electrons. The monoisotopic (exact) mass is 434 g/mol. The zero-order valence-corrected chi connectivity index (χ0v) is 17.2. The van der Waals surface area contributed by atoms with Gasteiger partial charge in [-0.3, -0.25) is 4.99 Å². The molecular formula is C18H35IN4. The van der Waals surface area contributed by atoms with Gasteiger partial charge in [0.25, 0.3) is 0 Å². The first-order valence-corrected chi connectivity index (χ1v) is 9.49. The zero-order valence-electron chi connectivity index (χ0n) is 14.9. The maximum atomic E-state index is 4.52. The third-order valence-electron chi connectivity index (χ3n) is 6.00. The van der Waals surface area contributed by atoms with Crippen LogP contribution in [0, 0.1) is 5.41 Å². The Morgan fingerprint density at radius 3 is 2.43 bits per heavy atom. The summed E-state index contributed by atoms with van der Waals surface area (Å²) in [7, 11) is 1.94. The smallest absolute Gasteiger partial charge is 0.193 e. The molecule has 1 saturated carbocycles. The lowest BCUT2D eigenvalue weighted by atomic mass is 9.86. The number of aliphatic imine (C=N–C) groups is 1. The Morgan fingerprint density at radius 1 is 1.00 bits per heavy atom. The number of halogens is 1. The van der Waals surface area contributed by atoms with E-state index in [9.17, 15) is 0 Å². The SMILES string of the molecule is CN=C(NCCCCN1CCCC1)N1CCC2(CCCC2)C1.I. The Balaban J connectivity index is 0.00000192. The van der Waals surface area contributed by atoms with Crippen LogP contribution in [0.25, 0.3) is 0 Å². The van der Waals surface area contributed by atoms with Gasteiger partial charge in [0.15, 0.2) is 5.96 Å². The van der Waals surface area contributed by atoms with Gasteiger partial charge in [0.1, 0.15) is 0 Å². The van der Waals surface area contributed by atoms with E-state index in [0.717, 1.165) is 12.5 Å². The maximum Gasteiger partial charge on any atom is 0.193 e. The van der Waals surface area contributed by atoms with Crippen LogP contribution in [0.4, 0.5) is 0 Å². The van der Waals surface area contributed by atoms with Gasteiger partial charge in [-0.2, -0.15) is 0 Å². The highest BCUT2D eigenvalue weighted by Crippen LogP contribution is 2.45. The van der Waals surface area contributed by atoms with E-state index in [0.29, 0.717) is 5.41 Å². The zero-order chi connectivity index (χ0) is 15.3. The van der Waals surface area contributed by atoms with Gasteiger partial charge < -0.3 is 15.1 Å². The molecule has 0 aromatic heterocycles. The van der Waals surface area contributed by atoms with Crippen molar-refractivity contribution in [3.05, 3.63) is 0 Å². The van der Waals surface area contributed by atoms with Crippen LogP contribution in [-0.4, -0.2) is 62.1 Å². The van der Waals surface area contributed by atoms with E-state index in [-0.39, 0.29) is 24.0 Å². The summed E-state index contributed by atoms with van der Waals surface area (Å²) in [4.78, 5) is 9.64. The molecule has 1 aliphatic carbocycles. The second-order valence-electron chi connectivity index (χ2n) is 7.61. The minimum atomic E-state index is 0. The van der Waals surface area contributed by atoms with Gasteiger partial charge in [0.2, 0.25) is 0 Å². The summed E-state index contributed by atoms with van der Waals surface area (Å²) < 4.78 is 0. The number of nitrogens with zero attached hydrogens (tertiary/aromatic N) is 3. The highest BCUT2D eigenvalue weighted by molar-refractivity contribution is 14.0. The number of rotatable bonds is 5. The minimum Gasteiger partial charge on any atom is -0.356 e. The van der Waals surface area contributed by atoms with Crippen LogP contribution in [0.2, 0.25) is 0 Å². The first-order valence-electron chi connectivity index (χ1n) is 9.49. The van der Waals surface area contributed by atoms with Crippen molar-refractivity contribution in [1.82, 2.24) is 15.1 Å². The van der Waals surface area contributed by atoms with Crippen LogP contribution in [-0.2, 0) is 0 Å². The summed E-state index contributed by atoms with van der Waals surface area (Å²) in [6.07, 6.45) is 12.5. The second-order valence-corrected chi connectivity index (χ2v) is 7.61. The summed E-state index contributed by atoms with van der Waals surface area (Å²) in [5, 5.41) is 3.60. The molecule has 3 aliphatic rings. The lowest BCUT2D eigenvalue weighted by molar-refractivity contribution is 0.308. The van der Waals surface area contributed by atoms with Crippen molar-refractivity contribution in [2.24, 2.45) is 10.4 Å². The van der Waals surface area contributed by atoms with Gasteiger partial charge >= 0.3 is 0 Å². The highest BCUT2D eigenvalue weighted by atomic mass is 127. The molecule has 0 unspecified atom stereocenters. The Hall–Kier alpha value is -0.0400. The molecule has 23 heavy (non-hydrogen) atoms. The number of guanidine groups is 1. The quantitative estimate of drug-likeness (QED) is 0.312. The third-order valence-corrected chi connectivity index (χ3v) is 6.00. The molecule has 0 aromatic rings. The van der Waals surface area contributed by atoms with Crippen molar-refractivity contribution in [3.8, 4) is 0 Å². The van der Waals surface area contributed by atoms with Crippen molar-refractivity contribution in [2.75, 3.05) is 46.3 Å². The molecule has 0 atom stereocenters. The molecule has 0 radical (unpaired) electrons. The lowest BCUT2D eigenvalue weighted by Gasteiger charge is -2.26. The molecule has 1 spiro atoms. The molecule has 2 aliphatic heterocycles. The van der Waals surface area contributed by atoms with Crippen molar-refractivity contribution >= 4 is 29.9 Å². The van der Waals surface area contributed by atoms with E-state index in [1.54, 1.807) is 0 Å². The summed E-state index contributed by atoms with van der Waals surface area (Å²) in [5.74, 6) is 1.14. The number of likely N-dealkylation sites (tertiary alicyclic amines) is 2. The minimum absolute atomic E-state index is 0. The molecule has 1 N–H and O–H groups in total. The Bertz CT molecular complexity index is 373. The molecule has 4 nitrogen and oxygen atoms in total. The molecule has 2 heterocycles. The molecule has 0 amide bonds. The molecule has 3 rings (SSSR count). The van der Waals surface area contributed by atoms with Gasteiger partial charge in [-0.05, 0) is 70.0 Å². The summed E-state index contributed by atoms with van der Waals surface area (Å²) in [6.45, 7) is 7.45. The molecule has 3 fully saturated rings. The fraction of sp³-hybridized carbons (Fsp3) is 0.944. The first kappa shape index (κ1) is 19.3. The van der Waals surface area contributed by atoms with E-state index in [1.807, 2.05) is 7.05 Å². The van der Waals surface area contributed by atoms with Gasteiger partial charge in [0.05, 0.1) is 0 Å². The number of nitrogens with one attached hydrogen (secondary N) is 1. The fourth-order valence-corrected chi connectivity index (χ4v) is 4.65. The van der Waals surface area contributed by atoms with Crippen molar-refractivity contribution in [2.45, 2.75) is 57.8 Å². The Labute approximate surface area is 159 Å². The predicted octanol–water partition coefficient (Wildman–Crippen LogP) is 3.32. The Kier molecular flexibility index (Phi) is 7.92. The van der Waals surface area contributed by atoms with E-state index in [1.165, 1.54) is 90.5 Å². The molecule has 5 heteroatoms. The van der Waals surface area contributed by atoms with E-state index >= 15 is 0 Å². The third kappa shape index (κ3) is 5.21. The van der Waals surface area contributed by atoms with Crippen LogP contribution < -0.4 is 5.32 Å². The number of hydrogen-bond donors (Lipinski definition) is 1. The van der Waals surface area contributed by atoms with Crippen LogP contribution in [0.15, 0.2) is 4.99 Å². The summed E-state index contributed by atoms with van der Waals surface area (Å²) >= 11 is 0. The van der Waals surface area contributed by atoms with Gasteiger partial charge in [-0.1, -0.05) is 12.8 Å². The largest absolute Gasteiger partial charge is 0.356 e. The van der Waals surface area contributed by atoms with Crippen LogP contribution >= 0.6 is 24.0 Å². The topological polar surface area (TPSA) is 30.9 Å².